The van der Waals surface area contributed by atoms with Gasteiger partial charge in [-0.1, -0.05) is 37.3 Å². The zero-order valence-corrected chi connectivity index (χ0v) is 14.2. The third kappa shape index (κ3) is 4.34. The molecule has 1 saturated heterocycles. The van der Waals surface area contributed by atoms with Crippen LogP contribution in [0.2, 0.25) is 0 Å². The molecule has 1 amide bonds. The van der Waals surface area contributed by atoms with Gasteiger partial charge in [-0.2, -0.15) is 0 Å². The lowest BCUT2D eigenvalue weighted by molar-refractivity contribution is -0.121. The minimum Gasteiger partial charge on any atom is -0.357 e. The molecule has 0 radical (unpaired) electrons. The fraction of sp³-hybridized carbons (Fsp3) is 0.400. The SMILES string of the molecule is CC(CC(=O)NCc1ccnc(N2CCCC2)c1)c1ccccc1. The Morgan fingerprint density at radius 2 is 1.96 bits per heavy atom. The van der Waals surface area contributed by atoms with E-state index in [0.29, 0.717) is 13.0 Å². The first-order chi connectivity index (χ1) is 11.7. The highest BCUT2D eigenvalue weighted by molar-refractivity contribution is 5.76. The Kier molecular flexibility index (Phi) is 5.47. The molecule has 4 nitrogen and oxygen atoms in total. The van der Waals surface area contributed by atoms with Crippen molar-refractivity contribution in [3.05, 3.63) is 59.8 Å². The quantitative estimate of drug-likeness (QED) is 0.885. The van der Waals surface area contributed by atoms with Gasteiger partial charge in [0.25, 0.3) is 0 Å². The van der Waals surface area contributed by atoms with E-state index in [0.717, 1.165) is 24.5 Å². The Balaban J connectivity index is 1.52. The number of anilines is 1. The summed E-state index contributed by atoms with van der Waals surface area (Å²) < 4.78 is 0. The second kappa shape index (κ2) is 7.95. The fourth-order valence-electron chi connectivity index (χ4n) is 3.14. The monoisotopic (exact) mass is 323 g/mol. The van der Waals surface area contributed by atoms with E-state index in [9.17, 15) is 4.79 Å². The lowest BCUT2D eigenvalue weighted by Crippen LogP contribution is -2.24. The number of benzene rings is 1. The second-order valence-electron chi connectivity index (χ2n) is 6.51. The number of nitrogens with one attached hydrogen (secondary N) is 1. The summed E-state index contributed by atoms with van der Waals surface area (Å²) in [7, 11) is 0. The summed E-state index contributed by atoms with van der Waals surface area (Å²) in [4.78, 5) is 19.0. The molecule has 0 bridgehead atoms. The summed E-state index contributed by atoms with van der Waals surface area (Å²) >= 11 is 0. The van der Waals surface area contributed by atoms with Gasteiger partial charge in [0.05, 0.1) is 0 Å². The molecule has 1 unspecified atom stereocenters. The van der Waals surface area contributed by atoms with Crippen LogP contribution in [-0.2, 0) is 11.3 Å². The molecule has 1 aromatic carbocycles. The lowest BCUT2D eigenvalue weighted by Gasteiger charge is -2.17. The zero-order valence-electron chi connectivity index (χ0n) is 14.2. The van der Waals surface area contributed by atoms with Gasteiger partial charge in [0.15, 0.2) is 0 Å². The van der Waals surface area contributed by atoms with Gasteiger partial charge in [0.2, 0.25) is 5.91 Å². The van der Waals surface area contributed by atoms with Crippen LogP contribution in [0.3, 0.4) is 0 Å². The Labute approximate surface area is 143 Å². The van der Waals surface area contributed by atoms with Gasteiger partial charge in [0.1, 0.15) is 5.82 Å². The highest BCUT2D eigenvalue weighted by atomic mass is 16.1. The van der Waals surface area contributed by atoms with Crippen molar-refractivity contribution in [2.24, 2.45) is 0 Å². The molecule has 1 aromatic heterocycles. The molecule has 1 aliphatic rings. The normalized spacial score (nSPS) is 15.3. The number of carbonyl (C=O) groups is 1. The average Bonchev–Trinajstić information content (AvgIpc) is 3.16. The van der Waals surface area contributed by atoms with E-state index in [-0.39, 0.29) is 11.8 Å². The van der Waals surface area contributed by atoms with Gasteiger partial charge in [-0.05, 0) is 42.0 Å². The van der Waals surface area contributed by atoms with E-state index in [4.69, 9.17) is 0 Å². The van der Waals surface area contributed by atoms with Crippen molar-refractivity contribution in [2.45, 2.75) is 38.6 Å². The summed E-state index contributed by atoms with van der Waals surface area (Å²) in [5.74, 6) is 1.34. The summed E-state index contributed by atoms with van der Waals surface area (Å²) in [5.41, 5.74) is 2.31. The zero-order chi connectivity index (χ0) is 16.8. The molecule has 1 atom stereocenters. The summed E-state index contributed by atoms with van der Waals surface area (Å²) in [5, 5.41) is 3.03. The fourth-order valence-corrected chi connectivity index (χ4v) is 3.14. The van der Waals surface area contributed by atoms with Crippen molar-refractivity contribution in [2.75, 3.05) is 18.0 Å². The van der Waals surface area contributed by atoms with Crippen molar-refractivity contribution >= 4 is 11.7 Å². The Morgan fingerprint density at radius 3 is 2.71 bits per heavy atom. The van der Waals surface area contributed by atoms with Crippen LogP contribution in [0.15, 0.2) is 48.7 Å². The van der Waals surface area contributed by atoms with Crippen LogP contribution in [-0.4, -0.2) is 24.0 Å². The molecule has 0 spiro atoms. The van der Waals surface area contributed by atoms with Crippen molar-refractivity contribution < 1.29 is 4.79 Å². The molecule has 2 aromatic rings. The van der Waals surface area contributed by atoms with Crippen LogP contribution in [0.5, 0.6) is 0 Å². The molecular formula is C20H25N3O. The van der Waals surface area contributed by atoms with Crippen LogP contribution in [0, 0.1) is 0 Å². The molecule has 0 aliphatic carbocycles. The predicted octanol–water partition coefficient (Wildman–Crippen LogP) is 3.49. The van der Waals surface area contributed by atoms with Gasteiger partial charge in [0, 0.05) is 32.3 Å². The summed E-state index contributed by atoms with van der Waals surface area (Å²) in [6.07, 6.45) is 4.82. The first-order valence-corrected chi connectivity index (χ1v) is 8.74. The van der Waals surface area contributed by atoms with E-state index >= 15 is 0 Å². The number of nitrogens with zero attached hydrogens (tertiary/aromatic N) is 2. The standard InChI is InChI=1S/C20H25N3O/c1-16(18-7-3-2-4-8-18)13-20(24)22-15-17-9-10-21-19(14-17)23-11-5-6-12-23/h2-4,7-10,14,16H,5-6,11-13,15H2,1H3,(H,22,24). The Hall–Kier alpha value is -2.36. The molecule has 4 heteroatoms. The molecule has 1 aliphatic heterocycles. The Bertz CT molecular complexity index is 666. The number of carbonyl (C=O) groups excluding carboxylic acids is 1. The largest absolute Gasteiger partial charge is 0.357 e. The minimum absolute atomic E-state index is 0.0888. The van der Waals surface area contributed by atoms with E-state index in [1.807, 2.05) is 30.5 Å². The number of amides is 1. The maximum atomic E-state index is 12.2. The third-order valence-corrected chi connectivity index (χ3v) is 4.59. The molecule has 126 valence electrons. The number of hydrogen-bond donors (Lipinski definition) is 1. The van der Waals surface area contributed by atoms with Crippen molar-refractivity contribution in [3.8, 4) is 0 Å². The Morgan fingerprint density at radius 1 is 1.21 bits per heavy atom. The number of hydrogen-bond acceptors (Lipinski definition) is 3. The maximum Gasteiger partial charge on any atom is 0.220 e. The topological polar surface area (TPSA) is 45.2 Å². The second-order valence-corrected chi connectivity index (χ2v) is 6.51. The third-order valence-electron chi connectivity index (χ3n) is 4.59. The minimum atomic E-state index is 0.0888. The van der Waals surface area contributed by atoms with Gasteiger partial charge < -0.3 is 10.2 Å². The lowest BCUT2D eigenvalue weighted by atomic mass is 9.97. The van der Waals surface area contributed by atoms with Crippen LogP contribution in [0.1, 0.15) is 43.2 Å². The van der Waals surface area contributed by atoms with E-state index in [1.165, 1.54) is 18.4 Å². The van der Waals surface area contributed by atoms with E-state index in [2.05, 4.69) is 40.3 Å². The van der Waals surface area contributed by atoms with Gasteiger partial charge in [-0.25, -0.2) is 4.98 Å². The maximum absolute atomic E-state index is 12.2. The molecule has 2 heterocycles. The predicted molar refractivity (Wildman–Crippen MR) is 97.0 cm³/mol. The van der Waals surface area contributed by atoms with E-state index < -0.39 is 0 Å². The highest BCUT2D eigenvalue weighted by Crippen LogP contribution is 2.19. The van der Waals surface area contributed by atoms with Gasteiger partial charge >= 0.3 is 0 Å². The van der Waals surface area contributed by atoms with E-state index in [1.54, 1.807) is 0 Å². The van der Waals surface area contributed by atoms with Crippen LogP contribution in [0.4, 0.5) is 5.82 Å². The van der Waals surface area contributed by atoms with Crippen molar-refractivity contribution in [1.82, 2.24) is 10.3 Å². The molecular weight excluding hydrogens is 298 g/mol. The van der Waals surface area contributed by atoms with Crippen LogP contribution >= 0.6 is 0 Å². The first-order valence-electron chi connectivity index (χ1n) is 8.74. The number of pyridine rings is 1. The van der Waals surface area contributed by atoms with Crippen molar-refractivity contribution in [3.63, 3.8) is 0 Å². The summed E-state index contributed by atoms with van der Waals surface area (Å²) in [6, 6.07) is 14.2. The average molecular weight is 323 g/mol. The number of aromatic nitrogens is 1. The highest BCUT2D eigenvalue weighted by Gasteiger charge is 2.14. The molecule has 1 fully saturated rings. The molecule has 1 N–H and O–H groups in total. The van der Waals surface area contributed by atoms with Gasteiger partial charge in [-0.15, -0.1) is 0 Å². The number of rotatable bonds is 6. The molecule has 24 heavy (non-hydrogen) atoms. The van der Waals surface area contributed by atoms with Crippen LogP contribution < -0.4 is 10.2 Å². The molecule has 0 saturated carbocycles. The van der Waals surface area contributed by atoms with Gasteiger partial charge in [-0.3, -0.25) is 4.79 Å². The summed E-state index contributed by atoms with van der Waals surface area (Å²) in [6.45, 7) is 4.81. The molecule has 3 rings (SSSR count). The van der Waals surface area contributed by atoms with Crippen molar-refractivity contribution in [1.29, 1.82) is 0 Å². The smallest absolute Gasteiger partial charge is 0.220 e. The first kappa shape index (κ1) is 16.5. The van der Waals surface area contributed by atoms with Crippen LogP contribution in [0.25, 0.3) is 0 Å².